The van der Waals surface area contributed by atoms with E-state index in [1.165, 1.54) is 70.6 Å². The summed E-state index contributed by atoms with van der Waals surface area (Å²) in [6.45, 7) is 113. The fraction of sp³-hybridized carbons (Fsp3) is 1.00. The minimum Gasteiger partial charge on any atom is -0.0651 e. The zero-order chi connectivity index (χ0) is 68.5. The Hall–Kier alpha value is 0. The van der Waals surface area contributed by atoms with Crippen molar-refractivity contribution in [2.75, 3.05) is 0 Å². The maximum absolute atomic E-state index is 2.38. The molecule has 82 heavy (non-hydrogen) atoms. The summed E-state index contributed by atoms with van der Waals surface area (Å²) in [4.78, 5) is 0. The molecule has 0 nitrogen and oxygen atoms in total. The second-order valence-electron chi connectivity index (χ2n) is 40.4. The molecule has 2 aliphatic carbocycles. The summed E-state index contributed by atoms with van der Waals surface area (Å²) >= 11 is 0. The van der Waals surface area contributed by atoms with Crippen LogP contribution >= 0.6 is 0 Å². The van der Waals surface area contributed by atoms with Crippen molar-refractivity contribution in [2.24, 2.45) is 124 Å². The van der Waals surface area contributed by atoms with Crippen LogP contribution in [-0.4, -0.2) is 0 Å². The summed E-state index contributed by atoms with van der Waals surface area (Å²) in [5.41, 5.74) is 5.66. The van der Waals surface area contributed by atoms with Crippen LogP contribution in [0.25, 0.3) is 0 Å². The Kier molecular flexibility index (Phi) is 44.9. The van der Waals surface area contributed by atoms with E-state index in [2.05, 4.69) is 339 Å². The summed E-state index contributed by atoms with van der Waals surface area (Å²) in [6.07, 6.45) is 16.1. The lowest BCUT2D eigenvalue weighted by Gasteiger charge is -2.49. The highest BCUT2D eigenvalue weighted by Crippen LogP contribution is 2.51. The van der Waals surface area contributed by atoms with Crippen molar-refractivity contribution >= 4 is 0 Å². The van der Waals surface area contributed by atoms with Gasteiger partial charge in [-0.05, 0) is 124 Å². The Labute approximate surface area is 530 Å². The molecule has 0 aromatic rings. The van der Waals surface area contributed by atoms with Crippen LogP contribution in [0.2, 0.25) is 0 Å². The van der Waals surface area contributed by atoms with Crippen LogP contribution < -0.4 is 0 Å². The van der Waals surface area contributed by atoms with Gasteiger partial charge in [0.15, 0.2) is 0 Å². The first-order chi connectivity index (χ1) is 35.4. The van der Waals surface area contributed by atoms with Gasteiger partial charge in [0.05, 0.1) is 0 Å². The maximum Gasteiger partial charge on any atom is -0.0257 e. The van der Waals surface area contributed by atoms with Gasteiger partial charge in [0.2, 0.25) is 0 Å². The summed E-state index contributed by atoms with van der Waals surface area (Å²) in [7, 11) is 0. The number of rotatable bonds is 6. The van der Waals surface area contributed by atoms with Gasteiger partial charge >= 0.3 is 0 Å². The zero-order valence-electron chi connectivity index (χ0n) is 68.5. The molecule has 0 aliphatic heterocycles. The van der Waals surface area contributed by atoms with Gasteiger partial charge in [-0.1, -0.05) is 410 Å². The van der Waals surface area contributed by atoms with Gasteiger partial charge in [0.1, 0.15) is 0 Å². The third-order valence-electron chi connectivity index (χ3n) is 25.1. The second-order valence-corrected chi connectivity index (χ2v) is 40.4. The van der Waals surface area contributed by atoms with Crippen LogP contribution in [0.1, 0.15) is 410 Å². The number of hydrogen-bond acceptors (Lipinski definition) is 0. The molecule has 0 heteroatoms. The molecular formula is C82H178. The summed E-state index contributed by atoms with van der Waals surface area (Å²) < 4.78 is 0. The molecule has 3 atom stereocenters. The summed E-state index contributed by atoms with van der Waals surface area (Å²) in [6, 6.07) is 0. The molecule has 0 radical (unpaired) electrons. The van der Waals surface area contributed by atoms with Crippen molar-refractivity contribution < 1.29 is 0 Å². The minimum absolute atomic E-state index is 0.375. The standard InChI is InChI=1S/C11H24.2C10H22.3C9H20.2C8H16.C8H18/c1-9(2,3)11(7,8)10(4,5)6;1-8(9(2,3)4)10(5,6)7;1-8(2)10(6,7)9(3,4)5;1-7-9(5,6)8(2,3)4;1-7(2)8(3)9(4,5)6;1-7(2)9(5,6)8(3)4;1-7-5-3-4-6-8(7)2;1-2-8-6-4-3-5-7-8;1-7(2,3)8(4,5)6/h1-8H3;2*8H,1-7H3;7H2,1-6H3;2*7-8H,1-6H3;7-8H,3-6H2,1-2H3;8H,2-7H2,1H3;1-6H3/t;;;;8-;;7-,8?;;/m....1.1../s1. The first-order valence-electron chi connectivity index (χ1n) is 35.4. The monoisotopic (exact) mass is 1160 g/mol. The molecule has 0 aromatic carbocycles. The zero-order valence-corrected chi connectivity index (χ0v) is 68.5. The summed E-state index contributed by atoms with van der Waals surface area (Å²) in [5.74, 6) is 7.82. The lowest BCUT2D eigenvalue weighted by molar-refractivity contribution is 0.00575. The van der Waals surface area contributed by atoms with Crippen LogP contribution in [0.3, 0.4) is 0 Å². The maximum atomic E-state index is 2.38. The Morgan fingerprint density at radius 2 is 0.598 bits per heavy atom. The Morgan fingerprint density at radius 1 is 0.317 bits per heavy atom. The van der Waals surface area contributed by atoms with E-state index in [-0.39, 0.29) is 0 Å². The normalized spacial score (nSPS) is 17.9. The van der Waals surface area contributed by atoms with Crippen molar-refractivity contribution in [3.63, 3.8) is 0 Å². The van der Waals surface area contributed by atoms with Crippen LogP contribution in [0.4, 0.5) is 0 Å². The van der Waals surface area contributed by atoms with E-state index >= 15 is 0 Å². The van der Waals surface area contributed by atoms with E-state index < -0.39 is 0 Å². The fourth-order valence-corrected chi connectivity index (χ4v) is 8.58. The van der Waals surface area contributed by atoms with E-state index in [0.717, 1.165) is 53.3 Å². The predicted octanol–water partition coefficient (Wildman–Crippen LogP) is 30.5. The van der Waals surface area contributed by atoms with Crippen molar-refractivity contribution in [1.82, 2.24) is 0 Å². The Balaban J connectivity index is -0.000000155. The molecular weight excluding hydrogens is 985 g/mol. The van der Waals surface area contributed by atoms with Crippen molar-refractivity contribution in [3.8, 4) is 0 Å². The molecule has 0 amide bonds. The van der Waals surface area contributed by atoms with Gasteiger partial charge in [0.25, 0.3) is 0 Å². The molecule has 2 saturated carbocycles. The second kappa shape index (κ2) is 38.5. The van der Waals surface area contributed by atoms with Crippen molar-refractivity contribution in [2.45, 2.75) is 410 Å². The molecule has 0 heterocycles. The first kappa shape index (κ1) is 95.6. The molecule has 2 rings (SSSR count). The van der Waals surface area contributed by atoms with E-state index in [1.54, 1.807) is 0 Å². The molecule has 0 aromatic heterocycles. The van der Waals surface area contributed by atoms with Crippen LogP contribution in [0, 0.1) is 124 Å². The van der Waals surface area contributed by atoms with Crippen molar-refractivity contribution in [3.05, 3.63) is 0 Å². The van der Waals surface area contributed by atoms with Crippen LogP contribution in [0.5, 0.6) is 0 Å². The van der Waals surface area contributed by atoms with Gasteiger partial charge < -0.3 is 0 Å². The Bertz CT molecular complexity index is 1410. The Morgan fingerprint density at radius 3 is 0.659 bits per heavy atom. The number of hydrogen-bond donors (Lipinski definition) is 0. The van der Waals surface area contributed by atoms with Gasteiger partial charge in [-0.25, -0.2) is 0 Å². The lowest BCUT2D eigenvalue weighted by Crippen LogP contribution is -2.41. The fourth-order valence-electron chi connectivity index (χ4n) is 8.58. The highest BCUT2D eigenvalue weighted by molar-refractivity contribution is 4.92. The van der Waals surface area contributed by atoms with E-state index in [4.69, 9.17) is 0 Å². The lowest BCUT2D eigenvalue weighted by atomic mass is 9.56. The van der Waals surface area contributed by atoms with Crippen LogP contribution in [0.15, 0.2) is 0 Å². The first-order valence-corrected chi connectivity index (χ1v) is 35.4. The highest BCUT2D eigenvalue weighted by atomic mass is 14.5. The molecule has 1 unspecified atom stereocenters. The molecule has 0 spiro atoms. The topological polar surface area (TPSA) is 0 Å². The van der Waals surface area contributed by atoms with E-state index in [1.807, 2.05) is 0 Å². The SMILES string of the molecule is CC(C(C)(C)C)C(C)(C)C.CC(C)(C)C(C)(C)C.CC(C)(C)C(C)(C)C(C)(C)C.CC(C)C(C)(C)C(C)(C)C.CC(C)C(C)(C)C(C)C.CC(C)[C@@H](C)C(C)(C)C.CC1CCCC[C@H]1C.CCC(C)(C)C(C)(C)C.CCC1CCCCC1. The van der Waals surface area contributed by atoms with Crippen LogP contribution in [-0.2, 0) is 0 Å². The van der Waals surface area contributed by atoms with Gasteiger partial charge in [-0.3, -0.25) is 0 Å². The van der Waals surface area contributed by atoms with Gasteiger partial charge in [0, 0.05) is 0 Å². The third kappa shape index (κ3) is 42.0. The molecule has 2 fully saturated rings. The quantitative estimate of drug-likeness (QED) is 0.249. The van der Waals surface area contributed by atoms with Gasteiger partial charge in [-0.15, -0.1) is 0 Å². The predicted molar refractivity (Wildman–Crippen MR) is 392 cm³/mol. The molecule has 506 valence electrons. The molecule has 0 N–H and O–H groups in total. The largest absolute Gasteiger partial charge is 0.0651 e. The summed E-state index contributed by atoms with van der Waals surface area (Å²) in [5, 5.41) is 0. The molecule has 0 bridgehead atoms. The van der Waals surface area contributed by atoms with Crippen molar-refractivity contribution in [1.29, 1.82) is 0 Å². The van der Waals surface area contributed by atoms with E-state index in [9.17, 15) is 0 Å². The molecule has 0 saturated heterocycles. The van der Waals surface area contributed by atoms with Gasteiger partial charge in [-0.2, -0.15) is 0 Å². The smallest absolute Gasteiger partial charge is 0.0257 e. The average molecular weight is 1160 g/mol. The third-order valence-corrected chi connectivity index (χ3v) is 25.1. The average Bonchev–Trinajstić information content (AvgIpc) is 3.25. The minimum atomic E-state index is 0.375. The highest BCUT2D eigenvalue weighted by Gasteiger charge is 2.42. The van der Waals surface area contributed by atoms with E-state index in [0.29, 0.717) is 70.4 Å². The molecule has 2 aliphatic rings.